The molecule has 0 atom stereocenters. The van der Waals surface area contributed by atoms with Crippen molar-refractivity contribution in [3.63, 3.8) is 0 Å². The van der Waals surface area contributed by atoms with Gasteiger partial charge in [-0.25, -0.2) is 0 Å². The second-order valence-electron chi connectivity index (χ2n) is 2.99. The maximum absolute atomic E-state index is 5.36. The van der Waals surface area contributed by atoms with Gasteiger partial charge in [-0.1, -0.05) is 26.7 Å². The van der Waals surface area contributed by atoms with Gasteiger partial charge in [-0.3, -0.25) is 0 Å². The monoisotopic (exact) mass is 130 g/mol. The van der Waals surface area contributed by atoms with Crippen LogP contribution in [0.3, 0.4) is 0 Å². The van der Waals surface area contributed by atoms with Gasteiger partial charge in [0.1, 0.15) is 0 Å². The fraction of sp³-hybridized carbons (Fsp3) is 1.00. The lowest BCUT2D eigenvalue weighted by Crippen LogP contribution is -2.29. The van der Waals surface area contributed by atoms with Gasteiger partial charge in [0.05, 0.1) is 6.17 Å². The number of nitrogens with two attached hydrogens (primary N) is 2. The highest BCUT2D eigenvalue weighted by molar-refractivity contribution is 4.52. The topological polar surface area (TPSA) is 52.0 Å². The van der Waals surface area contributed by atoms with E-state index >= 15 is 0 Å². The molecule has 0 aromatic rings. The zero-order chi connectivity index (χ0) is 7.28. The summed E-state index contributed by atoms with van der Waals surface area (Å²) in [6.07, 6.45) is 3.25. The van der Waals surface area contributed by atoms with Crippen LogP contribution in [0, 0.1) is 5.92 Å². The summed E-state index contributed by atoms with van der Waals surface area (Å²) in [6, 6.07) is 0. The summed E-state index contributed by atoms with van der Waals surface area (Å²) in [5.41, 5.74) is 10.7. The number of hydrogen-bond donors (Lipinski definition) is 2. The zero-order valence-corrected chi connectivity index (χ0v) is 6.43. The summed E-state index contributed by atoms with van der Waals surface area (Å²) in [6.45, 7) is 4.42. The summed E-state index contributed by atoms with van der Waals surface area (Å²) >= 11 is 0. The quantitative estimate of drug-likeness (QED) is 0.559. The van der Waals surface area contributed by atoms with Crippen LogP contribution in [0.2, 0.25) is 0 Å². The molecule has 0 fully saturated rings. The van der Waals surface area contributed by atoms with E-state index in [0.717, 1.165) is 18.8 Å². The molecule has 0 aromatic heterocycles. The highest BCUT2D eigenvalue weighted by Gasteiger charge is 1.96. The molecular formula is C7H18N2. The largest absolute Gasteiger partial charge is 0.316 e. The van der Waals surface area contributed by atoms with E-state index in [2.05, 4.69) is 13.8 Å². The molecule has 0 aromatic carbocycles. The summed E-state index contributed by atoms with van der Waals surface area (Å²) in [5, 5.41) is 0. The number of hydrogen-bond acceptors (Lipinski definition) is 2. The minimum Gasteiger partial charge on any atom is -0.316 e. The molecule has 9 heavy (non-hydrogen) atoms. The van der Waals surface area contributed by atoms with E-state index in [1.165, 1.54) is 6.42 Å². The highest BCUT2D eigenvalue weighted by Crippen LogP contribution is 2.05. The van der Waals surface area contributed by atoms with Gasteiger partial charge in [-0.2, -0.15) is 0 Å². The molecule has 0 amide bonds. The average Bonchev–Trinajstić information content (AvgIpc) is 1.63. The molecule has 0 radical (unpaired) electrons. The van der Waals surface area contributed by atoms with Gasteiger partial charge in [0.2, 0.25) is 0 Å². The minimum atomic E-state index is -0.108. The Kier molecular flexibility index (Phi) is 4.72. The second-order valence-corrected chi connectivity index (χ2v) is 2.99. The molecule has 2 nitrogen and oxygen atoms in total. The molecule has 0 bridgehead atoms. The molecule has 0 spiro atoms. The smallest absolute Gasteiger partial charge is 0.0520 e. The lowest BCUT2D eigenvalue weighted by Gasteiger charge is -2.05. The fourth-order valence-electron chi connectivity index (χ4n) is 0.762. The molecule has 0 saturated carbocycles. The maximum Gasteiger partial charge on any atom is 0.0520 e. The van der Waals surface area contributed by atoms with E-state index in [9.17, 15) is 0 Å². The first-order valence-electron chi connectivity index (χ1n) is 3.64. The highest BCUT2D eigenvalue weighted by atomic mass is 14.8. The summed E-state index contributed by atoms with van der Waals surface area (Å²) in [5.74, 6) is 0.781. The molecule has 56 valence electrons. The van der Waals surface area contributed by atoms with E-state index < -0.39 is 0 Å². The number of rotatable bonds is 4. The SMILES string of the molecule is CC(C)CCCC(N)N. The van der Waals surface area contributed by atoms with Crippen molar-refractivity contribution in [2.24, 2.45) is 17.4 Å². The van der Waals surface area contributed by atoms with Gasteiger partial charge in [0, 0.05) is 0 Å². The zero-order valence-electron chi connectivity index (χ0n) is 6.43. The molecule has 0 saturated heterocycles. The van der Waals surface area contributed by atoms with Crippen LogP contribution >= 0.6 is 0 Å². The van der Waals surface area contributed by atoms with Crippen LogP contribution in [0.4, 0.5) is 0 Å². The van der Waals surface area contributed by atoms with Crippen LogP contribution < -0.4 is 11.5 Å². The first-order chi connectivity index (χ1) is 4.13. The third kappa shape index (κ3) is 7.92. The molecule has 0 aliphatic carbocycles. The Bertz CT molecular complexity index is 51.9. The Labute approximate surface area is 57.6 Å². The normalized spacial score (nSPS) is 11.3. The van der Waals surface area contributed by atoms with Gasteiger partial charge in [0.15, 0.2) is 0 Å². The average molecular weight is 130 g/mol. The van der Waals surface area contributed by atoms with Gasteiger partial charge in [-0.05, 0) is 12.3 Å². The summed E-state index contributed by atoms with van der Waals surface area (Å²) < 4.78 is 0. The molecule has 4 N–H and O–H groups in total. The van der Waals surface area contributed by atoms with Crippen LogP contribution in [-0.4, -0.2) is 6.17 Å². The Morgan fingerprint density at radius 2 is 1.67 bits per heavy atom. The fourth-order valence-corrected chi connectivity index (χ4v) is 0.762. The van der Waals surface area contributed by atoms with Crippen molar-refractivity contribution in [2.75, 3.05) is 0 Å². The second kappa shape index (κ2) is 4.77. The van der Waals surface area contributed by atoms with Crippen molar-refractivity contribution in [1.29, 1.82) is 0 Å². The van der Waals surface area contributed by atoms with Crippen molar-refractivity contribution in [3.05, 3.63) is 0 Å². The molecule has 0 heterocycles. The first kappa shape index (κ1) is 8.92. The molecule has 0 unspecified atom stereocenters. The van der Waals surface area contributed by atoms with Crippen molar-refractivity contribution < 1.29 is 0 Å². The molecular weight excluding hydrogens is 112 g/mol. The lowest BCUT2D eigenvalue weighted by atomic mass is 10.1. The summed E-state index contributed by atoms with van der Waals surface area (Å²) in [7, 11) is 0. The van der Waals surface area contributed by atoms with E-state index in [4.69, 9.17) is 11.5 Å². The molecule has 0 rings (SSSR count). The van der Waals surface area contributed by atoms with Gasteiger partial charge in [0.25, 0.3) is 0 Å². The van der Waals surface area contributed by atoms with Gasteiger partial charge < -0.3 is 11.5 Å². The van der Waals surface area contributed by atoms with Crippen LogP contribution in [0.5, 0.6) is 0 Å². The van der Waals surface area contributed by atoms with Crippen LogP contribution in [-0.2, 0) is 0 Å². The van der Waals surface area contributed by atoms with Crippen LogP contribution in [0.1, 0.15) is 33.1 Å². The standard InChI is InChI=1S/C7H18N2/c1-6(2)4-3-5-7(8)9/h6-7H,3-5,8-9H2,1-2H3. The third-order valence-corrected chi connectivity index (χ3v) is 1.32. The minimum absolute atomic E-state index is 0.108. The van der Waals surface area contributed by atoms with Crippen molar-refractivity contribution in [3.8, 4) is 0 Å². The predicted octanol–water partition coefficient (Wildman–Crippen LogP) is 1.06. The Hall–Kier alpha value is -0.0800. The Balaban J connectivity index is 2.91. The van der Waals surface area contributed by atoms with E-state index in [1.54, 1.807) is 0 Å². The first-order valence-corrected chi connectivity index (χ1v) is 3.64. The lowest BCUT2D eigenvalue weighted by molar-refractivity contribution is 0.503. The van der Waals surface area contributed by atoms with Gasteiger partial charge >= 0.3 is 0 Å². The summed E-state index contributed by atoms with van der Waals surface area (Å²) in [4.78, 5) is 0. The maximum atomic E-state index is 5.36. The van der Waals surface area contributed by atoms with E-state index in [-0.39, 0.29) is 6.17 Å². The van der Waals surface area contributed by atoms with Crippen LogP contribution in [0.25, 0.3) is 0 Å². The molecule has 2 heteroatoms. The van der Waals surface area contributed by atoms with Crippen molar-refractivity contribution in [2.45, 2.75) is 39.3 Å². The van der Waals surface area contributed by atoms with Crippen molar-refractivity contribution in [1.82, 2.24) is 0 Å². The van der Waals surface area contributed by atoms with Crippen molar-refractivity contribution >= 4 is 0 Å². The third-order valence-electron chi connectivity index (χ3n) is 1.32. The predicted molar refractivity (Wildman–Crippen MR) is 40.9 cm³/mol. The van der Waals surface area contributed by atoms with E-state index in [0.29, 0.717) is 0 Å². The van der Waals surface area contributed by atoms with Gasteiger partial charge in [-0.15, -0.1) is 0 Å². The van der Waals surface area contributed by atoms with Crippen LogP contribution in [0.15, 0.2) is 0 Å². The van der Waals surface area contributed by atoms with E-state index in [1.807, 2.05) is 0 Å². The molecule has 0 aliphatic heterocycles. The molecule has 0 aliphatic rings. The Morgan fingerprint density at radius 1 is 1.11 bits per heavy atom. The Morgan fingerprint density at radius 3 is 2.00 bits per heavy atom.